The molecular weight excluding hydrogens is 340 g/mol. The highest BCUT2D eigenvalue weighted by Gasteiger charge is 2.19. The van der Waals surface area contributed by atoms with Crippen molar-refractivity contribution < 1.29 is 0 Å². The minimum absolute atomic E-state index is 0.0905. The lowest BCUT2D eigenvalue weighted by Gasteiger charge is -2.21. The van der Waals surface area contributed by atoms with Crippen LogP contribution < -0.4 is 0 Å². The topological polar surface area (TPSA) is 25.8 Å². The Labute approximate surface area is 167 Å². The molecule has 0 spiro atoms. The molecule has 0 aliphatic rings. The minimum atomic E-state index is 0.0905. The second-order valence-corrected chi connectivity index (χ2v) is 9.66. The standard InChI is InChI=1S/C26H28N2/c1-25(2,3)20-8-7-9-23-18(20)12-13-22(28-23)17-10-11-19-21(26(4,5)6)14-15-27-24(19)16-17/h7-16H,1-6H3. The molecule has 0 unspecified atom stereocenters. The molecule has 0 aliphatic carbocycles. The van der Waals surface area contributed by atoms with Crippen LogP contribution in [0, 0.1) is 0 Å². The zero-order chi connectivity index (χ0) is 20.1. The zero-order valence-electron chi connectivity index (χ0n) is 17.7. The molecule has 0 saturated carbocycles. The van der Waals surface area contributed by atoms with Crippen LogP contribution in [0.5, 0.6) is 0 Å². The number of rotatable bonds is 1. The van der Waals surface area contributed by atoms with E-state index in [0.29, 0.717) is 0 Å². The van der Waals surface area contributed by atoms with Crippen molar-refractivity contribution in [3.05, 3.63) is 71.9 Å². The predicted octanol–water partition coefficient (Wildman–Crippen LogP) is 7.05. The molecule has 4 aromatic rings. The van der Waals surface area contributed by atoms with Gasteiger partial charge in [-0.2, -0.15) is 0 Å². The number of nitrogens with zero attached hydrogens (tertiary/aromatic N) is 2. The van der Waals surface area contributed by atoms with Gasteiger partial charge >= 0.3 is 0 Å². The van der Waals surface area contributed by atoms with Crippen molar-refractivity contribution in [3.63, 3.8) is 0 Å². The van der Waals surface area contributed by atoms with Crippen molar-refractivity contribution >= 4 is 21.8 Å². The third-order valence-electron chi connectivity index (χ3n) is 5.39. The van der Waals surface area contributed by atoms with E-state index in [9.17, 15) is 0 Å². The van der Waals surface area contributed by atoms with Crippen molar-refractivity contribution in [1.82, 2.24) is 9.97 Å². The van der Waals surface area contributed by atoms with Gasteiger partial charge in [-0.15, -0.1) is 0 Å². The highest BCUT2D eigenvalue weighted by atomic mass is 14.7. The van der Waals surface area contributed by atoms with E-state index < -0.39 is 0 Å². The number of hydrogen-bond acceptors (Lipinski definition) is 2. The summed E-state index contributed by atoms with van der Waals surface area (Å²) in [5.74, 6) is 0. The van der Waals surface area contributed by atoms with Gasteiger partial charge in [-0.05, 0) is 46.2 Å². The van der Waals surface area contributed by atoms with Gasteiger partial charge in [0.05, 0.1) is 16.7 Å². The van der Waals surface area contributed by atoms with E-state index in [4.69, 9.17) is 4.98 Å². The molecule has 142 valence electrons. The summed E-state index contributed by atoms with van der Waals surface area (Å²) in [4.78, 5) is 9.59. The van der Waals surface area contributed by atoms with Crippen LogP contribution in [0.3, 0.4) is 0 Å². The van der Waals surface area contributed by atoms with E-state index in [-0.39, 0.29) is 10.8 Å². The maximum absolute atomic E-state index is 4.97. The number of aromatic nitrogens is 2. The summed E-state index contributed by atoms with van der Waals surface area (Å²) in [6.07, 6.45) is 1.91. The molecule has 2 aromatic carbocycles. The summed E-state index contributed by atoms with van der Waals surface area (Å²) in [6, 6.07) is 19.4. The first-order valence-corrected chi connectivity index (χ1v) is 9.94. The van der Waals surface area contributed by atoms with E-state index in [1.54, 1.807) is 0 Å². The first-order valence-electron chi connectivity index (χ1n) is 9.94. The first-order chi connectivity index (χ1) is 13.1. The van der Waals surface area contributed by atoms with E-state index in [2.05, 4.69) is 101 Å². The second kappa shape index (κ2) is 6.41. The van der Waals surface area contributed by atoms with Gasteiger partial charge in [0.15, 0.2) is 0 Å². The van der Waals surface area contributed by atoms with Gasteiger partial charge in [0.1, 0.15) is 0 Å². The monoisotopic (exact) mass is 368 g/mol. The Bertz CT molecular complexity index is 1080. The summed E-state index contributed by atoms with van der Waals surface area (Å²) >= 11 is 0. The molecule has 2 aromatic heterocycles. The molecule has 2 heteroatoms. The average Bonchev–Trinajstić information content (AvgIpc) is 2.64. The Balaban J connectivity index is 1.85. The number of benzene rings is 2. The van der Waals surface area contributed by atoms with Gasteiger partial charge in [0.25, 0.3) is 0 Å². The summed E-state index contributed by atoms with van der Waals surface area (Å²) in [5.41, 5.74) is 7.00. The molecule has 4 rings (SSSR count). The fourth-order valence-electron chi connectivity index (χ4n) is 3.93. The third-order valence-corrected chi connectivity index (χ3v) is 5.39. The Morgan fingerprint density at radius 3 is 2.00 bits per heavy atom. The van der Waals surface area contributed by atoms with Crippen molar-refractivity contribution in [1.29, 1.82) is 0 Å². The fraction of sp³-hybridized carbons (Fsp3) is 0.308. The second-order valence-electron chi connectivity index (χ2n) is 9.66. The lowest BCUT2D eigenvalue weighted by molar-refractivity contribution is 0.595. The van der Waals surface area contributed by atoms with Crippen LogP contribution in [-0.2, 0) is 10.8 Å². The highest BCUT2D eigenvalue weighted by molar-refractivity contribution is 5.89. The van der Waals surface area contributed by atoms with Crippen LogP contribution in [0.15, 0.2) is 60.8 Å². The average molecular weight is 369 g/mol. The van der Waals surface area contributed by atoms with Crippen LogP contribution >= 0.6 is 0 Å². The molecule has 2 heterocycles. The van der Waals surface area contributed by atoms with Crippen molar-refractivity contribution in [2.75, 3.05) is 0 Å². The quantitative estimate of drug-likeness (QED) is 0.360. The van der Waals surface area contributed by atoms with Crippen LogP contribution in [0.4, 0.5) is 0 Å². The molecule has 0 saturated heterocycles. The summed E-state index contributed by atoms with van der Waals surface area (Å²) in [5, 5.41) is 2.45. The smallest absolute Gasteiger partial charge is 0.0712 e. The molecule has 0 amide bonds. The number of fused-ring (bicyclic) bond motifs is 2. The van der Waals surface area contributed by atoms with E-state index >= 15 is 0 Å². The van der Waals surface area contributed by atoms with Crippen molar-refractivity contribution in [3.8, 4) is 11.3 Å². The molecule has 0 fully saturated rings. The lowest BCUT2D eigenvalue weighted by atomic mass is 9.84. The minimum Gasteiger partial charge on any atom is -0.256 e. The highest BCUT2D eigenvalue weighted by Crippen LogP contribution is 2.33. The van der Waals surface area contributed by atoms with Crippen LogP contribution in [0.1, 0.15) is 52.7 Å². The molecule has 0 aliphatic heterocycles. The maximum atomic E-state index is 4.97. The van der Waals surface area contributed by atoms with Gasteiger partial charge in [-0.25, -0.2) is 4.98 Å². The Kier molecular flexibility index (Phi) is 4.26. The Morgan fingerprint density at radius 2 is 1.29 bits per heavy atom. The largest absolute Gasteiger partial charge is 0.256 e. The molecule has 0 radical (unpaired) electrons. The maximum Gasteiger partial charge on any atom is 0.0712 e. The van der Waals surface area contributed by atoms with E-state index in [1.165, 1.54) is 21.9 Å². The van der Waals surface area contributed by atoms with Crippen LogP contribution in [0.25, 0.3) is 33.1 Å². The molecule has 2 nitrogen and oxygen atoms in total. The van der Waals surface area contributed by atoms with E-state index in [0.717, 1.165) is 22.3 Å². The number of hydrogen-bond donors (Lipinski definition) is 0. The Morgan fingerprint density at radius 1 is 0.643 bits per heavy atom. The lowest BCUT2D eigenvalue weighted by Crippen LogP contribution is -2.12. The molecule has 0 N–H and O–H groups in total. The third kappa shape index (κ3) is 3.28. The molecule has 0 atom stereocenters. The van der Waals surface area contributed by atoms with Gasteiger partial charge in [0.2, 0.25) is 0 Å². The molecule has 28 heavy (non-hydrogen) atoms. The normalized spacial score (nSPS) is 12.6. The summed E-state index contributed by atoms with van der Waals surface area (Å²) < 4.78 is 0. The van der Waals surface area contributed by atoms with E-state index in [1.807, 2.05) is 6.20 Å². The van der Waals surface area contributed by atoms with Crippen LogP contribution in [-0.4, -0.2) is 9.97 Å². The fourth-order valence-corrected chi connectivity index (χ4v) is 3.93. The number of pyridine rings is 2. The van der Waals surface area contributed by atoms with Crippen LogP contribution in [0.2, 0.25) is 0 Å². The predicted molar refractivity (Wildman–Crippen MR) is 120 cm³/mol. The zero-order valence-corrected chi connectivity index (χ0v) is 17.7. The van der Waals surface area contributed by atoms with Crippen molar-refractivity contribution in [2.45, 2.75) is 52.4 Å². The van der Waals surface area contributed by atoms with Gasteiger partial charge in [0, 0.05) is 22.5 Å². The Hall–Kier alpha value is -2.74. The van der Waals surface area contributed by atoms with Gasteiger partial charge in [-0.1, -0.05) is 71.9 Å². The van der Waals surface area contributed by atoms with Crippen molar-refractivity contribution in [2.24, 2.45) is 0 Å². The van der Waals surface area contributed by atoms with Gasteiger partial charge < -0.3 is 0 Å². The first kappa shape index (κ1) is 18.6. The SMILES string of the molecule is CC(C)(C)c1ccnc2cc(-c3ccc4c(C(C)(C)C)cccc4n3)ccc12. The molecular formula is C26H28N2. The molecule has 0 bridgehead atoms. The summed E-state index contributed by atoms with van der Waals surface area (Å²) in [6.45, 7) is 13.5. The summed E-state index contributed by atoms with van der Waals surface area (Å²) in [7, 11) is 0. The van der Waals surface area contributed by atoms with Gasteiger partial charge in [-0.3, -0.25) is 4.98 Å².